The molecule has 0 radical (unpaired) electrons. The molecule has 10 heteroatoms. The molecular formula is C25H23Cl2N5O3. The molecule has 1 saturated heterocycles. The number of anilines is 1. The molecule has 3 N–H and O–H groups in total. The molecule has 0 bridgehead atoms. The first-order valence-corrected chi connectivity index (χ1v) is 11.8. The zero-order valence-electron chi connectivity index (χ0n) is 18.9. The summed E-state index contributed by atoms with van der Waals surface area (Å²) in [4.78, 5) is 30.0. The van der Waals surface area contributed by atoms with Crippen molar-refractivity contribution in [1.29, 1.82) is 0 Å². The van der Waals surface area contributed by atoms with E-state index in [1.807, 2.05) is 24.3 Å². The number of nitrogens with two attached hydrogens (primary N) is 1. The molecular weight excluding hydrogens is 489 g/mol. The van der Waals surface area contributed by atoms with Crippen LogP contribution < -0.4 is 16.1 Å². The fraction of sp³-hybridized carbons (Fsp3) is 0.240. The highest BCUT2D eigenvalue weighted by molar-refractivity contribution is 6.39. The largest absolute Gasteiger partial charge is 0.412 e. The zero-order valence-corrected chi connectivity index (χ0v) is 20.4. The molecule has 1 aliphatic heterocycles. The predicted octanol–water partition coefficient (Wildman–Crippen LogP) is 3.64. The van der Waals surface area contributed by atoms with Gasteiger partial charge in [-0.2, -0.15) is 0 Å². The van der Waals surface area contributed by atoms with Gasteiger partial charge >= 0.3 is 0 Å². The molecule has 35 heavy (non-hydrogen) atoms. The number of hydrogen-bond donors (Lipinski definition) is 2. The number of likely N-dealkylation sites (tertiary alicyclic amines) is 1. The van der Waals surface area contributed by atoms with Crippen LogP contribution in [0.1, 0.15) is 12.0 Å². The molecule has 0 aliphatic carbocycles. The van der Waals surface area contributed by atoms with E-state index in [9.17, 15) is 9.90 Å². The smallest absolute Gasteiger partial charge is 0.293 e. The van der Waals surface area contributed by atoms with Crippen LogP contribution in [0.2, 0.25) is 10.0 Å². The lowest BCUT2D eigenvalue weighted by molar-refractivity contribution is 0.168. The van der Waals surface area contributed by atoms with E-state index < -0.39 is 5.56 Å². The van der Waals surface area contributed by atoms with Crippen molar-refractivity contribution in [2.75, 3.05) is 25.9 Å². The van der Waals surface area contributed by atoms with E-state index in [2.05, 4.69) is 14.9 Å². The second kappa shape index (κ2) is 9.47. The Balaban J connectivity index is 1.56. The maximum absolute atomic E-state index is 13.3. The van der Waals surface area contributed by atoms with Crippen LogP contribution in [-0.2, 0) is 6.54 Å². The van der Waals surface area contributed by atoms with E-state index in [0.29, 0.717) is 33.4 Å². The monoisotopic (exact) mass is 511 g/mol. The number of nitrogen functional groups attached to an aromatic ring is 1. The molecule has 180 valence electrons. The van der Waals surface area contributed by atoms with Gasteiger partial charge in [0.05, 0.1) is 27.1 Å². The number of fused-ring (bicyclic) bond motifs is 1. The van der Waals surface area contributed by atoms with Gasteiger partial charge in [0.15, 0.2) is 11.5 Å². The fourth-order valence-corrected chi connectivity index (χ4v) is 4.99. The van der Waals surface area contributed by atoms with Crippen molar-refractivity contribution in [3.63, 3.8) is 0 Å². The minimum absolute atomic E-state index is 0.190. The lowest BCUT2D eigenvalue weighted by Crippen LogP contribution is -2.27. The number of rotatable bonds is 5. The van der Waals surface area contributed by atoms with Crippen LogP contribution in [-0.4, -0.2) is 51.0 Å². The summed E-state index contributed by atoms with van der Waals surface area (Å²) in [6.07, 6.45) is 0.546. The number of aliphatic hydroxyl groups is 1. The van der Waals surface area contributed by atoms with Crippen LogP contribution in [0.3, 0.4) is 0 Å². The van der Waals surface area contributed by atoms with Crippen molar-refractivity contribution in [1.82, 2.24) is 19.6 Å². The Hall–Kier alpha value is -3.17. The van der Waals surface area contributed by atoms with Gasteiger partial charge in [0.25, 0.3) is 5.56 Å². The molecule has 2 aromatic heterocycles. The fourth-order valence-electron chi connectivity index (χ4n) is 4.39. The summed E-state index contributed by atoms with van der Waals surface area (Å²) in [5.74, 6) is 0.558. The number of pyridine rings is 1. The van der Waals surface area contributed by atoms with Crippen LogP contribution >= 0.6 is 23.2 Å². The third-order valence-corrected chi connectivity index (χ3v) is 6.76. The first-order chi connectivity index (χ1) is 16.9. The number of β-amino-alcohol motifs (C(OH)–C–C–N with tert-alkyl or cyclic N) is 1. The molecule has 8 nitrogen and oxygen atoms in total. The van der Waals surface area contributed by atoms with Gasteiger partial charge in [-0.15, -0.1) is 4.73 Å². The van der Waals surface area contributed by atoms with E-state index in [4.69, 9.17) is 33.8 Å². The van der Waals surface area contributed by atoms with Crippen molar-refractivity contribution < 1.29 is 9.94 Å². The topological polar surface area (TPSA) is 106 Å². The molecule has 1 aliphatic rings. The van der Waals surface area contributed by atoms with Crippen LogP contribution in [0.15, 0.2) is 53.3 Å². The summed E-state index contributed by atoms with van der Waals surface area (Å²) in [5.41, 5.74) is 8.58. The average Bonchev–Trinajstić information content (AvgIpc) is 3.24. The van der Waals surface area contributed by atoms with E-state index in [-0.39, 0.29) is 23.1 Å². The summed E-state index contributed by atoms with van der Waals surface area (Å²) < 4.78 is 1.07. The molecule has 2 aromatic carbocycles. The van der Waals surface area contributed by atoms with Gasteiger partial charge in [0.1, 0.15) is 12.9 Å². The molecule has 0 saturated carbocycles. The number of hydrogen-bond acceptors (Lipinski definition) is 7. The van der Waals surface area contributed by atoms with Crippen molar-refractivity contribution >= 4 is 40.1 Å². The summed E-state index contributed by atoms with van der Waals surface area (Å²) in [5, 5.41) is 10.8. The van der Waals surface area contributed by atoms with Crippen LogP contribution in [0.25, 0.3) is 33.5 Å². The number of halogens is 2. The third-order valence-electron chi connectivity index (χ3n) is 6.13. The van der Waals surface area contributed by atoms with Crippen LogP contribution in [0.4, 0.5) is 5.82 Å². The minimum Gasteiger partial charge on any atom is -0.412 e. The Kier molecular flexibility index (Phi) is 6.37. The highest BCUT2D eigenvalue weighted by atomic mass is 35.5. The molecule has 0 spiro atoms. The van der Waals surface area contributed by atoms with E-state index >= 15 is 0 Å². The molecule has 5 rings (SSSR count). The normalized spacial score (nSPS) is 16.2. The Morgan fingerprint density at radius 2 is 1.86 bits per heavy atom. The first kappa shape index (κ1) is 23.6. The summed E-state index contributed by atoms with van der Waals surface area (Å²) in [6.45, 7) is 2.32. The second-order valence-electron chi connectivity index (χ2n) is 8.48. The highest BCUT2D eigenvalue weighted by Gasteiger charge is 2.21. The zero-order chi connectivity index (χ0) is 24.7. The maximum Gasteiger partial charge on any atom is 0.293 e. The van der Waals surface area contributed by atoms with Gasteiger partial charge in [0, 0.05) is 30.8 Å². The average molecular weight is 512 g/mol. The van der Waals surface area contributed by atoms with Crippen molar-refractivity contribution in [2.45, 2.75) is 19.1 Å². The van der Waals surface area contributed by atoms with Crippen LogP contribution in [0.5, 0.6) is 0 Å². The Morgan fingerprint density at radius 1 is 1.14 bits per heavy atom. The quantitative estimate of drug-likeness (QED) is 0.421. The Morgan fingerprint density at radius 3 is 2.49 bits per heavy atom. The first-order valence-electron chi connectivity index (χ1n) is 11.1. The highest BCUT2D eigenvalue weighted by Crippen LogP contribution is 2.34. The predicted molar refractivity (Wildman–Crippen MR) is 138 cm³/mol. The minimum atomic E-state index is -0.470. The van der Waals surface area contributed by atoms with Crippen molar-refractivity contribution in [3.8, 4) is 22.5 Å². The molecule has 4 aromatic rings. The van der Waals surface area contributed by atoms with Gasteiger partial charge in [-0.3, -0.25) is 9.69 Å². The van der Waals surface area contributed by atoms with Gasteiger partial charge in [-0.1, -0.05) is 53.5 Å². The number of aliphatic hydroxyl groups excluding tert-OH is 1. The molecule has 3 heterocycles. The van der Waals surface area contributed by atoms with Crippen molar-refractivity contribution in [2.24, 2.45) is 0 Å². The number of nitrogens with zero attached hydrogens (tertiary/aromatic N) is 4. The summed E-state index contributed by atoms with van der Waals surface area (Å²) in [7, 11) is 1.38. The number of aromatic nitrogens is 3. The summed E-state index contributed by atoms with van der Waals surface area (Å²) >= 11 is 12.7. The van der Waals surface area contributed by atoms with Gasteiger partial charge in [-0.05, 0) is 30.2 Å². The number of benzene rings is 2. The Labute approximate surface area is 211 Å². The van der Waals surface area contributed by atoms with Crippen molar-refractivity contribution in [3.05, 3.63) is 74.5 Å². The molecule has 0 unspecified atom stereocenters. The molecule has 1 atom stereocenters. The van der Waals surface area contributed by atoms with E-state index in [0.717, 1.165) is 35.4 Å². The lowest BCUT2D eigenvalue weighted by Gasteiger charge is -2.15. The third kappa shape index (κ3) is 4.46. The van der Waals surface area contributed by atoms with Gasteiger partial charge in [0.2, 0.25) is 0 Å². The van der Waals surface area contributed by atoms with Gasteiger partial charge in [-0.25, -0.2) is 9.97 Å². The summed E-state index contributed by atoms with van der Waals surface area (Å²) in [6, 6.07) is 14.4. The molecule has 0 amide bonds. The lowest BCUT2D eigenvalue weighted by atomic mass is 10.1. The standard InChI is InChI=1S/C25H23Cl2N5O3/c1-35-32-24-18(11-17(25(32)34)21-19(26)3-2-4-20(21)27)22(28)29-23(30-24)15-7-5-14(6-8-15)12-31-10-9-16(33)13-31/h2-8,11,16,33H,9-10,12-13H2,1H3,(H2,28,29,30)/t16-/m1/s1. The van der Waals surface area contributed by atoms with Crippen LogP contribution in [0, 0.1) is 0 Å². The second-order valence-corrected chi connectivity index (χ2v) is 9.30. The van der Waals surface area contributed by atoms with Gasteiger partial charge < -0.3 is 15.7 Å². The van der Waals surface area contributed by atoms with E-state index in [1.54, 1.807) is 24.3 Å². The maximum atomic E-state index is 13.3. The Bertz CT molecular complexity index is 1450. The molecule has 1 fully saturated rings. The van der Waals surface area contributed by atoms with E-state index in [1.165, 1.54) is 7.11 Å². The SMILES string of the molecule is COn1c(=O)c(-c2c(Cl)cccc2Cl)cc2c(N)nc(-c3ccc(CN4CC[C@@H](O)C4)cc3)nc21.